The number of carbonyl (C=O) groups excluding carboxylic acids is 1. The fourth-order valence-corrected chi connectivity index (χ4v) is 2.22. The quantitative estimate of drug-likeness (QED) is 0.845. The fourth-order valence-electron chi connectivity index (χ4n) is 2.22. The van der Waals surface area contributed by atoms with Crippen LogP contribution in [0.1, 0.15) is 35.8 Å². The number of pyridine rings is 1. The van der Waals surface area contributed by atoms with Crippen molar-refractivity contribution in [2.75, 3.05) is 26.4 Å². The molecule has 0 aromatic carbocycles. The Hall–Kier alpha value is -1.90. The van der Waals surface area contributed by atoms with Crippen molar-refractivity contribution in [3.8, 4) is 11.8 Å². The van der Waals surface area contributed by atoms with E-state index in [1.165, 1.54) is 0 Å². The molecule has 21 heavy (non-hydrogen) atoms. The van der Waals surface area contributed by atoms with Gasteiger partial charge in [-0.05, 0) is 18.6 Å². The number of aliphatic hydroxyl groups is 1. The number of carbonyl (C=O) groups is 1. The van der Waals surface area contributed by atoms with Crippen molar-refractivity contribution in [1.82, 2.24) is 9.88 Å². The van der Waals surface area contributed by atoms with E-state index in [1.54, 1.807) is 18.3 Å². The Kier molecular flexibility index (Phi) is 5.73. The fraction of sp³-hybridized carbons (Fsp3) is 0.500. The molecule has 0 aliphatic carbocycles. The summed E-state index contributed by atoms with van der Waals surface area (Å²) in [4.78, 5) is 18.5. The summed E-state index contributed by atoms with van der Waals surface area (Å²) in [6.07, 6.45) is 2.90. The number of hydrogen-bond acceptors (Lipinski definition) is 4. The molecule has 5 nitrogen and oxygen atoms in total. The Morgan fingerprint density at radius 2 is 2.43 bits per heavy atom. The largest absolute Gasteiger partial charge is 0.395 e. The molecule has 1 atom stereocenters. The number of rotatable bonds is 3. The number of aromatic nitrogens is 1. The Morgan fingerprint density at radius 1 is 1.57 bits per heavy atom. The highest BCUT2D eigenvalue weighted by Gasteiger charge is 2.27. The summed E-state index contributed by atoms with van der Waals surface area (Å²) in [5, 5.41) is 8.68. The van der Waals surface area contributed by atoms with Crippen molar-refractivity contribution >= 4 is 5.91 Å². The van der Waals surface area contributed by atoms with Crippen LogP contribution in [0.25, 0.3) is 0 Å². The van der Waals surface area contributed by atoms with Crippen LogP contribution < -0.4 is 0 Å². The Morgan fingerprint density at radius 3 is 3.10 bits per heavy atom. The van der Waals surface area contributed by atoms with Gasteiger partial charge in [-0.1, -0.05) is 18.8 Å². The van der Waals surface area contributed by atoms with Crippen molar-refractivity contribution in [3.63, 3.8) is 0 Å². The molecular weight excluding hydrogens is 268 g/mol. The summed E-state index contributed by atoms with van der Waals surface area (Å²) in [6, 6.07) is 3.61. The first-order valence-corrected chi connectivity index (χ1v) is 7.20. The molecule has 0 radical (unpaired) electrons. The maximum absolute atomic E-state index is 12.5. The maximum atomic E-state index is 12.5. The topological polar surface area (TPSA) is 62.7 Å². The molecule has 1 saturated heterocycles. The van der Waals surface area contributed by atoms with Crippen molar-refractivity contribution in [1.29, 1.82) is 0 Å². The van der Waals surface area contributed by atoms with Gasteiger partial charge in [0, 0.05) is 24.7 Å². The third-order valence-corrected chi connectivity index (χ3v) is 3.41. The highest BCUT2D eigenvalue weighted by Crippen LogP contribution is 2.14. The number of nitrogens with zero attached hydrogens (tertiary/aromatic N) is 2. The van der Waals surface area contributed by atoms with Crippen LogP contribution in [-0.4, -0.2) is 53.3 Å². The lowest BCUT2D eigenvalue weighted by Crippen LogP contribution is -2.48. The molecule has 1 aliphatic heterocycles. The normalized spacial score (nSPS) is 18.0. The predicted molar refractivity (Wildman–Crippen MR) is 78.8 cm³/mol. The molecule has 5 heteroatoms. The van der Waals surface area contributed by atoms with Gasteiger partial charge in [-0.25, -0.2) is 4.98 Å². The lowest BCUT2D eigenvalue weighted by Gasteiger charge is -2.34. The maximum Gasteiger partial charge on any atom is 0.272 e. The summed E-state index contributed by atoms with van der Waals surface area (Å²) in [6.45, 7) is 3.87. The van der Waals surface area contributed by atoms with Crippen LogP contribution in [0.3, 0.4) is 0 Å². The van der Waals surface area contributed by atoms with E-state index in [9.17, 15) is 4.79 Å². The van der Waals surface area contributed by atoms with Gasteiger partial charge in [-0.2, -0.15) is 0 Å². The Bertz CT molecular complexity index is 531. The monoisotopic (exact) mass is 288 g/mol. The third kappa shape index (κ3) is 4.03. The van der Waals surface area contributed by atoms with Crippen LogP contribution in [0.4, 0.5) is 0 Å². The smallest absolute Gasteiger partial charge is 0.272 e. The van der Waals surface area contributed by atoms with Gasteiger partial charge in [0.1, 0.15) is 5.69 Å². The third-order valence-electron chi connectivity index (χ3n) is 3.41. The highest BCUT2D eigenvalue weighted by molar-refractivity contribution is 5.92. The highest BCUT2D eigenvalue weighted by atomic mass is 16.5. The molecule has 1 amide bonds. The molecule has 1 aromatic heterocycles. The average molecular weight is 288 g/mol. The molecule has 1 fully saturated rings. The summed E-state index contributed by atoms with van der Waals surface area (Å²) >= 11 is 0. The predicted octanol–water partition coefficient (Wildman–Crippen LogP) is 1.07. The van der Waals surface area contributed by atoms with Gasteiger partial charge in [0.25, 0.3) is 5.91 Å². The van der Waals surface area contributed by atoms with Gasteiger partial charge in [0.05, 0.1) is 25.9 Å². The lowest BCUT2D eigenvalue weighted by atomic mass is 10.1. The van der Waals surface area contributed by atoms with E-state index in [0.29, 0.717) is 31.9 Å². The van der Waals surface area contributed by atoms with Crippen LogP contribution in [0.15, 0.2) is 18.3 Å². The van der Waals surface area contributed by atoms with Crippen LogP contribution >= 0.6 is 0 Å². The zero-order valence-electron chi connectivity index (χ0n) is 12.2. The SMILES string of the molecule is CCC1COCCN1C(=O)c1ccc(C#CCCO)cn1. The van der Waals surface area contributed by atoms with Crippen molar-refractivity contribution in [2.24, 2.45) is 0 Å². The first-order valence-electron chi connectivity index (χ1n) is 7.20. The average Bonchev–Trinajstić information content (AvgIpc) is 2.55. The second-order valence-corrected chi connectivity index (χ2v) is 4.84. The minimum Gasteiger partial charge on any atom is -0.395 e. The minimum atomic E-state index is -0.0555. The molecule has 1 unspecified atom stereocenters. The van der Waals surface area contributed by atoms with Crippen molar-refractivity contribution < 1.29 is 14.6 Å². The molecule has 1 aliphatic rings. The first kappa shape index (κ1) is 15.5. The number of morpholine rings is 1. The molecule has 112 valence electrons. The van der Waals surface area contributed by atoms with E-state index in [2.05, 4.69) is 16.8 Å². The van der Waals surface area contributed by atoms with Gasteiger partial charge in [-0.15, -0.1) is 0 Å². The van der Waals surface area contributed by atoms with E-state index in [1.807, 2.05) is 11.8 Å². The number of ether oxygens (including phenoxy) is 1. The first-order chi connectivity index (χ1) is 10.3. The zero-order valence-corrected chi connectivity index (χ0v) is 12.2. The van der Waals surface area contributed by atoms with Gasteiger partial charge in [-0.3, -0.25) is 4.79 Å². The van der Waals surface area contributed by atoms with E-state index < -0.39 is 0 Å². The minimum absolute atomic E-state index is 0.0481. The van der Waals surface area contributed by atoms with Gasteiger partial charge in [0.2, 0.25) is 0 Å². The van der Waals surface area contributed by atoms with E-state index in [4.69, 9.17) is 9.84 Å². The Balaban J connectivity index is 2.07. The molecule has 1 aromatic rings. The molecule has 2 heterocycles. The van der Waals surface area contributed by atoms with Crippen molar-refractivity contribution in [2.45, 2.75) is 25.8 Å². The molecular formula is C16H20N2O3. The molecule has 0 spiro atoms. The molecule has 0 bridgehead atoms. The van der Waals surface area contributed by atoms with E-state index >= 15 is 0 Å². The molecule has 2 rings (SSSR count). The van der Waals surface area contributed by atoms with Crippen LogP contribution in [0, 0.1) is 11.8 Å². The number of aliphatic hydroxyl groups excluding tert-OH is 1. The summed E-state index contributed by atoms with van der Waals surface area (Å²) in [5.41, 5.74) is 1.18. The molecule has 1 N–H and O–H groups in total. The van der Waals surface area contributed by atoms with Crippen LogP contribution in [0.2, 0.25) is 0 Å². The molecule has 0 saturated carbocycles. The van der Waals surface area contributed by atoms with Crippen LogP contribution in [0.5, 0.6) is 0 Å². The van der Waals surface area contributed by atoms with Crippen molar-refractivity contribution in [3.05, 3.63) is 29.6 Å². The van der Waals surface area contributed by atoms with E-state index in [0.717, 1.165) is 12.0 Å². The van der Waals surface area contributed by atoms with Crippen LogP contribution in [-0.2, 0) is 4.74 Å². The van der Waals surface area contributed by atoms with Gasteiger partial charge in [0.15, 0.2) is 0 Å². The Labute approximate surface area is 124 Å². The standard InChI is InChI=1S/C16H20N2O3/c1-2-14-12-21-10-8-18(14)16(20)15-7-6-13(11-17-15)5-3-4-9-19/h6-7,11,14,19H,2,4,8-10,12H2,1H3. The summed E-state index contributed by atoms with van der Waals surface area (Å²) in [7, 11) is 0. The number of amides is 1. The van der Waals surface area contributed by atoms with Gasteiger partial charge >= 0.3 is 0 Å². The zero-order chi connectivity index (χ0) is 15.1. The summed E-state index contributed by atoms with van der Waals surface area (Å²) in [5.74, 6) is 5.67. The second kappa shape index (κ2) is 7.77. The second-order valence-electron chi connectivity index (χ2n) is 4.84. The van der Waals surface area contributed by atoms with Gasteiger partial charge < -0.3 is 14.7 Å². The summed E-state index contributed by atoms with van der Waals surface area (Å²) < 4.78 is 5.41. The van der Waals surface area contributed by atoms with E-state index in [-0.39, 0.29) is 18.6 Å². The lowest BCUT2D eigenvalue weighted by molar-refractivity contribution is -0.00310. The number of hydrogen-bond donors (Lipinski definition) is 1.